The molecule has 6 aromatic carbocycles. The van der Waals surface area contributed by atoms with E-state index >= 15 is 0 Å². The first-order valence-corrected chi connectivity index (χ1v) is 17.3. The number of hydrogen-bond donors (Lipinski definition) is 0. The molecule has 4 aromatic heterocycles. The minimum absolute atomic E-state index is 0.0403. The molecule has 0 aliphatic heterocycles. The maximum Gasteiger partial charge on any atom is 0.200 e. The van der Waals surface area contributed by atoms with Gasteiger partial charge in [-0.3, -0.25) is 14.8 Å². The highest BCUT2D eigenvalue weighted by molar-refractivity contribution is 5.94. The van der Waals surface area contributed by atoms with E-state index < -0.39 is 0 Å². The standard InChI is InChI=1S/C46H27N5O2/c52-43-37-11-3-4-12-41(37)53-42-22-21-32(25-38(42)43)36-10-2-1-9-35(36)28-13-17-31(18-14-28)44-49-45(33-19-15-29-7-5-23-47-39(29)26-33)51-46(50-44)34-20-16-30-8-6-24-48-40(30)27-34/h1-27H. The molecule has 0 atom stereocenters. The number of nitrogens with zero attached hydrogens (tertiary/aromatic N) is 5. The number of hydrogen-bond acceptors (Lipinski definition) is 7. The first kappa shape index (κ1) is 30.4. The fourth-order valence-electron chi connectivity index (χ4n) is 6.93. The minimum Gasteiger partial charge on any atom is -0.456 e. The Kier molecular flexibility index (Phi) is 7.14. The number of fused-ring (bicyclic) bond motifs is 4. The number of rotatable bonds is 5. The molecule has 53 heavy (non-hydrogen) atoms. The van der Waals surface area contributed by atoms with Crippen LogP contribution in [0.15, 0.2) is 173 Å². The van der Waals surface area contributed by atoms with Crippen LogP contribution in [0.2, 0.25) is 0 Å². The third-order valence-electron chi connectivity index (χ3n) is 9.63. The smallest absolute Gasteiger partial charge is 0.200 e. The van der Waals surface area contributed by atoms with Gasteiger partial charge >= 0.3 is 0 Å². The van der Waals surface area contributed by atoms with Gasteiger partial charge in [0, 0.05) is 39.9 Å². The second kappa shape index (κ2) is 12.4. The zero-order chi connectivity index (χ0) is 35.3. The number of aromatic nitrogens is 5. The summed E-state index contributed by atoms with van der Waals surface area (Å²) >= 11 is 0. The lowest BCUT2D eigenvalue weighted by atomic mass is 9.93. The molecule has 0 unspecified atom stereocenters. The van der Waals surface area contributed by atoms with E-state index in [-0.39, 0.29) is 5.43 Å². The van der Waals surface area contributed by atoms with E-state index in [1.54, 1.807) is 18.5 Å². The van der Waals surface area contributed by atoms with Crippen molar-refractivity contribution in [3.63, 3.8) is 0 Å². The molecule has 0 saturated carbocycles. The van der Waals surface area contributed by atoms with E-state index in [0.717, 1.165) is 60.8 Å². The first-order valence-electron chi connectivity index (χ1n) is 17.3. The fraction of sp³-hybridized carbons (Fsp3) is 0. The van der Waals surface area contributed by atoms with Crippen molar-refractivity contribution in [2.45, 2.75) is 0 Å². The lowest BCUT2D eigenvalue weighted by Gasteiger charge is -2.12. The van der Waals surface area contributed by atoms with Crippen molar-refractivity contribution in [3.05, 3.63) is 174 Å². The molecular formula is C46H27N5O2. The van der Waals surface area contributed by atoms with Crippen molar-refractivity contribution in [2.24, 2.45) is 0 Å². The fourth-order valence-corrected chi connectivity index (χ4v) is 6.93. The van der Waals surface area contributed by atoms with Crippen molar-refractivity contribution < 1.29 is 4.42 Å². The van der Waals surface area contributed by atoms with Crippen LogP contribution >= 0.6 is 0 Å². The summed E-state index contributed by atoms with van der Waals surface area (Å²) in [6.07, 6.45) is 3.58. The quantitative estimate of drug-likeness (QED) is 0.167. The third kappa shape index (κ3) is 5.48. The van der Waals surface area contributed by atoms with Gasteiger partial charge in [0.15, 0.2) is 17.5 Å². The van der Waals surface area contributed by atoms with Crippen molar-refractivity contribution in [1.29, 1.82) is 0 Å². The monoisotopic (exact) mass is 681 g/mol. The zero-order valence-electron chi connectivity index (χ0n) is 28.1. The van der Waals surface area contributed by atoms with Gasteiger partial charge in [-0.05, 0) is 70.8 Å². The molecule has 10 rings (SSSR count). The molecule has 0 spiro atoms. The number of benzene rings is 6. The first-order chi connectivity index (χ1) is 26.1. The lowest BCUT2D eigenvalue weighted by Crippen LogP contribution is -2.02. The summed E-state index contributed by atoms with van der Waals surface area (Å²) in [5, 5.41) is 3.21. The zero-order valence-corrected chi connectivity index (χ0v) is 28.1. The number of para-hydroxylation sites is 1. The number of pyridine rings is 2. The van der Waals surface area contributed by atoms with Crippen LogP contribution in [0.1, 0.15) is 0 Å². The molecule has 0 saturated heterocycles. The van der Waals surface area contributed by atoms with Crippen LogP contribution in [-0.4, -0.2) is 24.9 Å². The molecular weight excluding hydrogens is 655 g/mol. The average molecular weight is 682 g/mol. The van der Waals surface area contributed by atoms with E-state index in [0.29, 0.717) is 39.4 Å². The molecule has 7 heteroatoms. The van der Waals surface area contributed by atoms with E-state index in [9.17, 15) is 4.79 Å². The van der Waals surface area contributed by atoms with Gasteiger partial charge in [0.1, 0.15) is 11.2 Å². The minimum atomic E-state index is -0.0403. The van der Waals surface area contributed by atoms with Crippen LogP contribution in [0.4, 0.5) is 0 Å². The highest BCUT2D eigenvalue weighted by Crippen LogP contribution is 2.35. The maximum atomic E-state index is 13.5. The summed E-state index contributed by atoms with van der Waals surface area (Å²) in [6, 6.07) is 49.7. The van der Waals surface area contributed by atoms with E-state index in [4.69, 9.17) is 19.4 Å². The molecule has 0 amide bonds. The van der Waals surface area contributed by atoms with Gasteiger partial charge in [-0.1, -0.05) is 103 Å². The van der Waals surface area contributed by atoms with E-state index in [2.05, 4.69) is 34.2 Å². The van der Waals surface area contributed by atoms with Gasteiger partial charge in [0.2, 0.25) is 5.43 Å². The summed E-state index contributed by atoms with van der Waals surface area (Å²) in [5.74, 6) is 1.67. The molecule has 0 bridgehead atoms. The SMILES string of the molecule is O=c1c2ccccc2oc2ccc(-c3ccccc3-c3ccc(-c4nc(-c5ccc6cccnc6c5)nc(-c5ccc6cccnc6c5)n4)cc3)cc12. The molecule has 7 nitrogen and oxygen atoms in total. The Morgan fingerprint density at radius 1 is 0.396 bits per heavy atom. The Hall–Kier alpha value is -7.38. The van der Waals surface area contributed by atoms with Crippen molar-refractivity contribution >= 4 is 43.7 Å². The predicted molar refractivity (Wildman–Crippen MR) is 211 cm³/mol. The van der Waals surface area contributed by atoms with Gasteiger partial charge < -0.3 is 4.42 Å². The Morgan fingerprint density at radius 3 is 1.57 bits per heavy atom. The second-order valence-electron chi connectivity index (χ2n) is 12.9. The Bertz CT molecular complexity index is 3000. The van der Waals surface area contributed by atoms with Crippen molar-refractivity contribution in [1.82, 2.24) is 24.9 Å². The van der Waals surface area contributed by atoms with Crippen LogP contribution in [0.25, 0.3) is 100 Å². The molecule has 248 valence electrons. The summed E-state index contributed by atoms with van der Waals surface area (Å²) in [5.41, 5.74) is 9.39. The maximum absolute atomic E-state index is 13.5. The average Bonchev–Trinajstić information content (AvgIpc) is 3.23. The highest BCUT2D eigenvalue weighted by Gasteiger charge is 2.16. The van der Waals surface area contributed by atoms with E-state index in [1.807, 2.05) is 121 Å². The second-order valence-corrected chi connectivity index (χ2v) is 12.9. The van der Waals surface area contributed by atoms with E-state index in [1.165, 1.54) is 0 Å². The van der Waals surface area contributed by atoms with Crippen molar-refractivity contribution in [3.8, 4) is 56.4 Å². The Labute approximate surface area is 303 Å². The summed E-state index contributed by atoms with van der Waals surface area (Å²) in [7, 11) is 0. The topological polar surface area (TPSA) is 94.7 Å². The van der Waals surface area contributed by atoms with Gasteiger partial charge in [-0.15, -0.1) is 0 Å². The van der Waals surface area contributed by atoms with Gasteiger partial charge in [0.05, 0.1) is 21.8 Å². The third-order valence-corrected chi connectivity index (χ3v) is 9.63. The van der Waals surface area contributed by atoms with Crippen molar-refractivity contribution in [2.75, 3.05) is 0 Å². The molecule has 0 fully saturated rings. The lowest BCUT2D eigenvalue weighted by molar-refractivity contribution is 0.660. The Morgan fingerprint density at radius 2 is 0.906 bits per heavy atom. The summed E-state index contributed by atoms with van der Waals surface area (Å²) < 4.78 is 6.08. The van der Waals surface area contributed by atoms with Crippen LogP contribution in [0.3, 0.4) is 0 Å². The van der Waals surface area contributed by atoms with Gasteiger partial charge in [-0.25, -0.2) is 15.0 Å². The van der Waals surface area contributed by atoms with Crippen LogP contribution in [0, 0.1) is 0 Å². The summed E-state index contributed by atoms with van der Waals surface area (Å²) in [6.45, 7) is 0. The largest absolute Gasteiger partial charge is 0.456 e. The molecule has 0 radical (unpaired) electrons. The van der Waals surface area contributed by atoms with Crippen LogP contribution in [-0.2, 0) is 0 Å². The molecule has 10 aromatic rings. The predicted octanol–water partition coefficient (Wildman–Crippen LogP) is 10.6. The van der Waals surface area contributed by atoms with Crippen LogP contribution < -0.4 is 5.43 Å². The molecule has 4 heterocycles. The highest BCUT2D eigenvalue weighted by atomic mass is 16.3. The molecule has 0 aliphatic carbocycles. The molecule has 0 aliphatic rings. The van der Waals surface area contributed by atoms with Gasteiger partial charge in [-0.2, -0.15) is 0 Å². The van der Waals surface area contributed by atoms with Crippen LogP contribution in [0.5, 0.6) is 0 Å². The molecule has 0 N–H and O–H groups in total. The Balaban J connectivity index is 1.06. The van der Waals surface area contributed by atoms with Gasteiger partial charge in [0.25, 0.3) is 0 Å². The summed E-state index contributed by atoms with van der Waals surface area (Å²) in [4.78, 5) is 37.5. The normalized spacial score (nSPS) is 11.5.